The fourth-order valence-electron chi connectivity index (χ4n) is 2.61. The van der Waals surface area contributed by atoms with E-state index < -0.39 is 0 Å². The first kappa shape index (κ1) is 13.5. The maximum Gasteiger partial charge on any atom is 0.298 e. The van der Waals surface area contributed by atoms with E-state index in [1.807, 2.05) is 55.5 Å². The van der Waals surface area contributed by atoms with Gasteiger partial charge in [-0.05, 0) is 24.6 Å². The normalized spacial score (nSPS) is 11.7. The molecule has 2 heterocycles. The summed E-state index contributed by atoms with van der Waals surface area (Å²) >= 11 is 0. The van der Waals surface area contributed by atoms with Gasteiger partial charge in [0.2, 0.25) is 0 Å². The SMILES string of the molecule is Cc1ccc2[nH]c3c(=O)n(/N=C/c4ccccc4)cnc3c2c1. The van der Waals surface area contributed by atoms with Gasteiger partial charge in [0.25, 0.3) is 5.56 Å². The van der Waals surface area contributed by atoms with E-state index in [0.29, 0.717) is 11.0 Å². The zero-order valence-electron chi connectivity index (χ0n) is 12.5. The van der Waals surface area contributed by atoms with E-state index in [1.54, 1.807) is 6.21 Å². The molecule has 0 aliphatic carbocycles. The Bertz CT molecular complexity index is 1090. The molecular formula is C18H14N4O. The molecule has 2 aromatic heterocycles. The van der Waals surface area contributed by atoms with Crippen LogP contribution in [0.4, 0.5) is 0 Å². The molecule has 0 spiro atoms. The number of aromatic amines is 1. The van der Waals surface area contributed by atoms with Gasteiger partial charge in [-0.3, -0.25) is 4.79 Å². The molecule has 0 bridgehead atoms. The minimum atomic E-state index is -0.212. The molecule has 0 aliphatic heterocycles. The van der Waals surface area contributed by atoms with Crippen molar-refractivity contribution in [3.63, 3.8) is 0 Å². The van der Waals surface area contributed by atoms with E-state index in [0.717, 1.165) is 22.0 Å². The van der Waals surface area contributed by atoms with Gasteiger partial charge in [-0.2, -0.15) is 9.78 Å². The topological polar surface area (TPSA) is 63.0 Å². The quantitative estimate of drug-likeness (QED) is 0.578. The lowest BCUT2D eigenvalue weighted by atomic mass is 10.2. The van der Waals surface area contributed by atoms with Crippen LogP contribution in [0, 0.1) is 6.92 Å². The smallest absolute Gasteiger partial charge is 0.298 e. The third-order valence-electron chi connectivity index (χ3n) is 3.78. The number of nitrogens with zero attached hydrogens (tertiary/aromatic N) is 3. The molecule has 0 fully saturated rings. The van der Waals surface area contributed by atoms with Gasteiger partial charge in [-0.15, -0.1) is 0 Å². The number of H-pyrrole nitrogens is 1. The Labute approximate surface area is 131 Å². The van der Waals surface area contributed by atoms with Gasteiger partial charge >= 0.3 is 0 Å². The highest BCUT2D eigenvalue weighted by molar-refractivity contribution is 6.04. The number of hydrogen-bond acceptors (Lipinski definition) is 3. The highest BCUT2D eigenvalue weighted by Gasteiger charge is 2.10. The van der Waals surface area contributed by atoms with Crippen molar-refractivity contribution in [1.29, 1.82) is 0 Å². The third kappa shape index (κ3) is 2.32. The van der Waals surface area contributed by atoms with Crippen LogP contribution >= 0.6 is 0 Å². The molecule has 0 saturated heterocycles. The molecule has 2 aromatic carbocycles. The van der Waals surface area contributed by atoms with Crippen LogP contribution in [-0.4, -0.2) is 20.9 Å². The third-order valence-corrected chi connectivity index (χ3v) is 3.78. The number of aryl methyl sites for hydroxylation is 1. The standard InChI is InChI=1S/C18H14N4O/c1-12-7-8-15-14(9-12)16-17(21-15)18(23)22(11-19-16)20-10-13-5-3-2-4-6-13/h2-11,21H,1H3/b20-10+. The van der Waals surface area contributed by atoms with Crippen molar-refractivity contribution in [1.82, 2.24) is 14.6 Å². The van der Waals surface area contributed by atoms with Crippen LogP contribution in [0.3, 0.4) is 0 Å². The number of aromatic nitrogens is 3. The summed E-state index contributed by atoms with van der Waals surface area (Å²) in [6.07, 6.45) is 3.10. The monoisotopic (exact) mass is 302 g/mol. The Morgan fingerprint density at radius 3 is 2.83 bits per heavy atom. The van der Waals surface area contributed by atoms with Gasteiger partial charge in [0.1, 0.15) is 17.4 Å². The number of hydrogen-bond donors (Lipinski definition) is 1. The van der Waals surface area contributed by atoms with Gasteiger partial charge in [-0.1, -0.05) is 42.0 Å². The molecule has 4 aromatic rings. The molecule has 5 heteroatoms. The van der Waals surface area contributed by atoms with Gasteiger partial charge in [0, 0.05) is 10.9 Å². The van der Waals surface area contributed by atoms with Crippen LogP contribution in [0.25, 0.3) is 21.9 Å². The fraction of sp³-hybridized carbons (Fsp3) is 0.0556. The lowest BCUT2D eigenvalue weighted by Crippen LogP contribution is -2.17. The summed E-state index contributed by atoms with van der Waals surface area (Å²) in [6.45, 7) is 2.02. The number of rotatable bonds is 2. The lowest BCUT2D eigenvalue weighted by molar-refractivity contribution is 0.815. The zero-order valence-corrected chi connectivity index (χ0v) is 12.5. The molecule has 0 amide bonds. The minimum absolute atomic E-state index is 0.212. The van der Waals surface area contributed by atoms with E-state index in [9.17, 15) is 4.79 Å². The first-order valence-electron chi connectivity index (χ1n) is 7.31. The summed E-state index contributed by atoms with van der Waals surface area (Å²) < 4.78 is 1.25. The highest BCUT2D eigenvalue weighted by atomic mass is 16.1. The molecule has 112 valence electrons. The van der Waals surface area contributed by atoms with Gasteiger partial charge < -0.3 is 4.98 Å². The lowest BCUT2D eigenvalue weighted by Gasteiger charge is -1.97. The molecule has 0 radical (unpaired) electrons. The largest absolute Gasteiger partial charge is 0.349 e. The maximum absolute atomic E-state index is 12.6. The fourth-order valence-corrected chi connectivity index (χ4v) is 2.61. The minimum Gasteiger partial charge on any atom is -0.349 e. The van der Waals surface area contributed by atoms with Crippen molar-refractivity contribution in [2.45, 2.75) is 6.92 Å². The summed E-state index contributed by atoms with van der Waals surface area (Å²) in [5.41, 5.74) is 3.90. The second kappa shape index (κ2) is 5.21. The van der Waals surface area contributed by atoms with E-state index in [1.165, 1.54) is 11.0 Å². The van der Waals surface area contributed by atoms with Crippen LogP contribution in [0.15, 0.2) is 64.8 Å². The summed E-state index contributed by atoms with van der Waals surface area (Å²) in [7, 11) is 0. The summed E-state index contributed by atoms with van der Waals surface area (Å²) in [6, 6.07) is 15.6. The van der Waals surface area contributed by atoms with E-state index in [2.05, 4.69) is 15.1 Å². The Morgan fingerprint density at radius 2 is 2.00 bits per heavy atom. The first-order chi connectivity index (χ1) is 11.2. The van der Waals surface area contributed by atoms with Crippen LogP contribution < -0.4 is 5.56 Å². The van der Waals surface area contributed by atoms with Crippen molar-refractivity contribution < 1.29 is 0 Å². The molecule has 1 N–H and O–H groups in total. The predicted octanol–water partition coefficient (Wildman–Crippen LogP) is 3.07. The number of benzene rings is 2. The van der Waals surface area contributed by atoms with E-state index in [4.69, 9.17) is 0 Å². The van der Waals surface area contributed by atoms with Crippen molar-refractivity contribution in [3.8, 4) is 0 Å². The summed E-state index contributed by atoms with van der Waals surface area (Å²) in [4.78, 5) is 20.1. The average Bonchev–Trinajstić information content (AvgIpc) is 2.94. The molecule has 0 saturated carbocycles. The predicted molar refractivity (Wildman–Crippen MR) is 92.0 cm³/mol. The van der Waals surface area contributed by atoms with Crippen molar-refractivity contribution in [3.05, 3.63) is 76.3 Å². The average molecular weight is 302 g/mol. The van der Waals surface area contributed by atoms with E-state index >= 15 is 0 Å². The maximum atomic E-state index is 12.6. The molecule has 0 unspecified atom stereocenters. The van der Waals surface area contributed by atoms with Crippen molar-refractivity contribution >= 4 is 28.2 Å². The van der Waals surface area contributed by atoms with Gasteiger partial charge in [-0.25, -0.2) is 4.98 Å². The Morgan fingerprint density at radius 1 is 1.17 bits per heavy atom. The number of nitrogens with one attached hydrogen (secondary N) is 1. The zero-order chi connectivity index (χ0) is 15.8. The van der Waals surface area contributed by atoms with Crippen molar-refractivity contribution in [2.24, 2.45) is 5.10 Å². The second-order valence-electron chi connectivity index (χ2n) is 5.45. The molecule has 5 nitrogen and oxygen atoms in total. The molecule has 23 heavy (non-hydrogen) atoms. The Balaban J connectivity index is 1.87. The van der Waals surface area contributed by atoms with E-state index in [-0.39, 0.29) is 5.56 Å². The van der Waals surface area contributed by atoms with Crippen LogP contribution in [0.1, 0.15) is 11.1 Å². The summed E-state index contributed by atoms with van der Waals surface area (Å²) in [5.74, 6) is 0. The van der Waals surface area contributed by atoms with Gasteiger partial charge in [0.05, 0.1) is 6.21 Å². The van der Waals surface area contributed by atoms with Crippen LogP contribution in [0.5, 0.6) is 0 Å². The van der Waals surface area contributed by atoms with Gasteiger partial charge in [0.15, 0.2) is 0 Å². The Hall–Kier alpha value is -3.21. The van der Waals surface area contributed by atoms with Crippen LogP contribution in [0.2, 0.25) is 0 Å². The molecule has 0 aliphatic rings. The summed E-state index contributed by atoms with van der Waals surface area (Å²) in [5, 5.41) is 5.17. The molecular weight excluding hydrogens is 288 g/mol. The number of fused-ring (bicyclic) bond motifs is 3. The van der Waals surface area contributed by atoms with Crippen LogP contribution in [-0.2, 0) is 0 Å². The molecule has 0 atom stereocenters. The highest BCUT2D eigenvalue weighted by Crippen LogP contribution is 2.22. The first-order valence-corrected chi connectivity index (χ1v) is 7.31. The van der Waals surface area contributed by atoms with Crippen molar-refractivity contribution in [2.75, 3.05) is 0 Å². The molecule has 4 rings (SSSR count). The Kier molecular flexibility index (Phi) is 3.05. The second-order valence-corrected chi connectivity index (χ2v) is 5.45.